The highest BCUT2D eigenvalue weighted by Gasteiger charge is 2.20. The normalized spacial score (nSPS) is 14.6. The zero-order valence-electron chi connectivity index (χ0n) is 11.3. The molecule has 1 saturated heterocycles. The van der Waals surface area contributed by atoms with E-state index in [0.29, 0.717) is 10.7 Å². The molecule has 2 aromatic rings. The number of anilines is 2. The number of carbonyl (C=O) groups excluding carboxylic acids is 1. The fourth-order valence-electron chi connectivity index (χ4n) is 2.46. The Morgan fingerprint density at radius 3 is 2.85 bits per heavy atom. The largest absolute Gasteiger partial charge is 0.371 e. The Hall–Kier alpha value is -1.95. The maximum Gasteiger partial charge on any atom is 0.259 e. The van der Waals surface area contributed by atoms with Crippen molar-refractivity contribution in [1.82, 2.24) is 10.2 Å². The molecule has 0 unspecified atom stereocenters. The SMILES string of the molecule is Cc1ccc(N2CCCC2)c(C(=O)Nc2nncs2)c1. The summed E-state index contributed by atoms with van der Waals surface area (Å²) in [6.07, 6.45) is 2.37. The van der Waals surface area contributed by atoms with Crippen LogP contribution in [0.25, 0.3) is 0 Å². The lowest BCUT2D eigenvalue weighted by Gasteiger charge is -2.21. The van der Waals surface area contributed by atoms with Gasteiger partial charge in [-0.1, -0.05) is 23.0 Å². The number of hydrogen-bond acceptors (Lipinski definition) is 5. The quantitative estimate of drug-likeness (QED) is 0.943. The van der Waals surface area contributed by atoms with E-state index in [0.717, 1.165) is 24.3 Å². The monoisotopic (exact) mass is 288 g/mol. The first-order chi connectivity index (χ1) is 9.74. The highest BCUT2D eigenvalue weighted by Crippen LogP contribution is 2.26. The molecular weight excluding hydrogens is 272 g/mol. The Balaban J connectivity index is 1.90. The predicted octanol–water partition coefficient (Wildman–Crippen LogP) is 2.70. The molecule has 0 radical (unpaired) electrons. The zero-order valence-corrected chi connectivity index (χ0v) is 12.1. The highest BCUT2D eigenvalue weighted by molar-refractivity contribution is 7.13. The van der Waals surface area contributed by atoms with Crippen molar-refractivity contribution >= 4 is 28.1 Å². The minimum atomic E-state index is -0.118. The molecule has 1 aromatic carbocycles. The molecule has 1 aliphatic heterocycles. The van der Waals surface area contributed by atoms with Gasteiger partial charge in [-0.2, -0.15) is 0 Å². The van der Waals surface area contributed by atoms with E-state index in [2.05, 4.69) is 26.5 Å². The summed E-state index contributed by atoms with van der Waals surface area (Å²) in [5, 5.41) is 10.9. The van der Waals surface area contributed by atoms with Gasteiger partial charge in [0.15, 0.2) is 0 Å². The molecule has 0 atom stereocenters. The molecular formula is C14H16N4OS. The molecule has 1 aliphatic rings. The van der Waals surface area contributed by atoms with Crippen LogP contribution in [0.2, 0.25) is 0 Å². The van der Waals surface area contributed by atoms with Crippen LogP contribution in [-0.2, 0) is 0 Å². The third kappa shape index (κ3) is 2.65. The van der Waals surface area contributed by atoms with Gasteiger partial charge >= 0.3 is 0 Å². The molecule has 1 aromatic heterocycles. The second kappa shape index (κ2) is 5.58. The van der Waals surface area contributed by atoms with Gasteiger partial charge in [-0.15, -0.1) is 10.2 Å². The summed E-state index contributed by atoms with van der Waals surface area (Å²) in [5.74, 6) is -0.118. The minimum Gasteiger partial charge on any atom is -0.371 e. The Kier molecular flexibility index (Phi) is 3.64. The number of nitrogens with zero attached hydrogens (tertiary/aromatic N) is 3. The van der Waals surface area contributed by atoms with Crippen molar-refractivity contribution in [2.45, 2.75) is 19.8 Å². The van der Waals surface area contributed by atoms with Gasteiger partial charge in [0.25, 0.3) is 5.91 Å². The molecule has 1 fully saturated rings. The minimum absolute atomic E-state index is 0.118. The van der Waals surface area contributed by atoms with Crippen LogP contribution in [0.1, 0.15) is 28.8 Å². The Labute approximate surface area is 121 Å². The van der Waals surface area contributed by atoms with E-state index in [4.69, 9.17) is 0 Å². The van der Waals surface area contributed by atoms with E-state index in [1.807, 2.05) is 19.1 Å². The van der Waals surface area contributed by atoms with E-state index in [9.17, 15) is 4.79 Å². The number of nitrogens with one attached hydrogen (secondary N) is 1. The first-order valence-electron chi connectivity index (χ1n) is 6.67. The van der Waals surface area contributed by atoms with E-state index in [1.165, 1.54) is 24.2 Å². The highest BCUT2D eigenvalue weighted by atomic mass is 32.1. The summed E-state index contributed by atoms with van der Waals surface area (Å²) in [6, 6.07) is 6.02. The molecule has 3 rings (SSSR count). The van der Waals surface area contributed by atoms with Crippen LogP contribution in [0, 0.1) is 6.92 Å². The van der Waals surface area contributed by atoms with Crippen molar-refractivity contribution in [2.24, 2.45) is 0 Å². The van der Waals surface area contributed by atoms with E-state index < -0.39 is 0 Å². The first kappa shape index (κ1) is 13.1. The van der Waals surface area contributed by atoms with Gasteiger partial charge in [-0.05, 0) is 31.9 Å². The first-order valence-corrected chi connectivity index (χ1v) is 7.55. The number of amides is 1. The molecule has 5 nitrogen and oxygen atoms in total. The number of benzene rings is 1. The number of aryl methyl sites for hydroxylation is 1. The number of aromatic nitrogens is 2. The summed E-state index contributed by atoms with van der Waals surface area (Å²) in [6.45, 7) is 4.03. The van der Waals surface area contributed by atoms with Crippen molar-refractivity contribution in [1.29, 1.82) is 0 Å². The van der Waals surface area contributed by atoms with Crippen LogP contribution < -0.4 is 10.2 Å². The second-order valence-corrected chi connectivity index (χ2v) is 5.75. The summed E-state index contributed by atoms with van der Waals surface area (Å²) in [4.78, 5) is 14.7. The van der Waals surface area contributed by atoms with Crippen molar-refractivity contribution in [3.05, 3.63) is 34.8 Å². The smallest absolute Gasteiger partial charge is 0.259 e. The lowest BCUT2D eigenvalue weighted by molar-refractivity contribution is 0.102. The van der Waals surface area contributed by atoms with E-state index >= 15 is 0 Å². The molecule has 0 aliphatic carbocycles. The third-order valence-corrected chi connectivity index (χ3v) is 4.03. The van der Waals surface area contributed by atoms with Gasteiger partial charge in [0.05, 0.1) is 5.56 Å². The van der Waals surface area contributed by atoms with Crippen LogP contribution in [0.4, 0.5) is 10.8 Å². The maximum absolute atomic E-state index is 12.4. The van der Waals surface area contributed by atoms with Gasteiger partial charge in [0.2, 0.25) is 5.13 Å². The summed E-state index contributed by atoms with van der Waals surface area (Å²) >= 11 is 1.32. The summed E-state index contributed by atoms with van der Waals surface area (Å²) in [7, 11) is 0. The lowest BCUT2D eigenvalue weighted by Crippen LogP contribution is -2.23. The van der Waals surface area contributed by atoms with Crippen LogP contribution in [0.5, 0.6) is 0 Å². The predicted molar refractivity (Wildman–Crippen MR) is 80.5 cm³/mol. The average Bonchev–Trinajstić information content (AvgIpc) is 3.11. The van der Waals surface area contributed by atoms with Crippen molar-refractivity contribution in [3.63, 3.8) is 0 Å². The Morgan fingerprint density at radius 2 is 2.15 bits per heavy atom. The fourth-order valence-corrected chi connectivity index (χ4v) is 2.90. The van der Waals surface area contributed by atoms with Crippen molar-refractivity contribution in [3.8, 4) is 0 Å². The molecule has 0 bridgehead atoms. The lowest BCUT2D eigenvalue weighted by atomic mass is 10.1. The molecule has 6 heteroatoms. The van der Waals surface area contributed by atoms with Gasteiger partial charge in [-0.25, -0.2) is 0 Å². The zero-order chi connectivity index (χ0) is 13.9. The number of hydrogen-bond donors (Lipinski definition) is 1. The summed E-state index contributed by atoms with van der Waals surface area (Å²) in [5.41, 5.74) is 4.40. The van der Waals surface area contributed by atoms with Gasteiger partial charge < -0.3 is 4.90 Å². The molecule has 0 spiro atoms. The molecule has 20 heavy (non-hydrogen) atoms. The molecule has 0 saturated carbocycles. The fraction of sp³-hybridized carbons (Fsp3) is 0.357. The van der Waals surface area contributed by atoms with Gasteiger partial charge in [0, 0.05) is 18.8 Å². The van der Waals surface area contributed by atoms with E-state index in [1.54, 1.807) is 5.51 Å². The maximum atomic E-state index is 12.4. The number of rotatable bonds is 3. The molecule has 1 amide bonds. The summed E-state index contributed by atoms with van der Waals surface area (Å²) < 4.78 is 0. The van der Waals surface area contributed by atoms with Crippen LogP contribution >= 0.6 is 11.3 Å². The second-order valence-electron chi connectivity index (χ2n) is 4.91. The molecule has 104 valence electrons. The molecule has 2 heterocycles. The van der Waals surface area contributed by atoms with Crippen molar-refractivity contribution < 1.29 is 4.79 Å². The Bertz CT molecular complexity index is 606. The Morgan fingerprint density at radius 1 is 1.35 bits per heavy atom. The topological polar surface area (TPSA) is 58.1 Å². The van der Waals surface area contributed by atoms with Crippen LogP contribution in [0.15, 0.2) is 23.7 Å². The third-order valence-electron chi connectivity index (χ3n) is 3.42. The average molecular weight is 288 g/mol. The van der Waals surface area contributed by atoms with Crippen molar-refractivity contribution in [2.75, 3.05) is 23.3 Å². The number of carbonyl (C=O) groups is 1. The van der Waals surface area contributed by atoms with Crippen LogP contribution in [0.3, 0.4) is 0 Å². The van der Waals surface area contributed by atoms with Gasteiger partial charge in [-0.3, -0.25) is 10.1 Å². The van der Waals surface area contributed by atoms with Gasteiger partial charge in [0.1, 0.15) is 5.51 Å². The standard InChI is InChI=1S/C14H16N4OS/c1-10-4-5-12(18-6-2-3-7-18)11(8-10)13(19)16-14-17-15-9-20-14/h4-5,8-9H,2-3,6-7H2,1H3,(H,16,17,19). The van der Waals surface area contributed by atoms with Crippen LogP contribution in [-0.4, -0.2) is 29.2 Å². The molecule has 1 N–H and O–H groups in total. The van der Waals surface area contributed by atoms with E-state index in [-0.39, 0.29) is 5.91 Å².